The molecule has 1 aliphatic rings. The van der Waals surface area contributed by atoms with Crippen molar-refractivity contribution in [2.45, 2.75) is 20.3 Å². The topological polar surface area (TPSA) is 33.7 Å². The first-order valence-corrected chi connectivity index (χ1v) is 7.05. The lowest BCUT2D eigenvalue weighted by atomic mass is 9.86. The maximum absolute atomic E-state index is 5.63. The van der Waals surface area contributed by atoms with Crippen molar-refractivity contribution in [2.75, 3.05) is 60.2 Å². The summed E-state index contributed by atoms with van der Waals surface area (Å²) in [5, 5.41) is 3.33. The second-order valence-corrected chi connectivity index (χ2v) is 5.95. The molecule has 1 fully saturated rings. The van der Waals surface area contributed by atoms with Gasteiger partial charge in [0.15, 0.2) is 0 Å². The van der Waals surface area contributed by atoms with E-state index in [0.29, 0.717) is 5.92 Å². The van der Waals surface area contributed by atoms with E-state index in [2.05, 4.69) is 24.1 Å². The number of ether oxygens (including phenoxy) is 2. The van der Waals surface area contributed by atoms with Gasteiger partial charge >= 0.3 is 0 Å². The summed E-state index contributed by atoms with van der Waals surface area (Å²) in [6.45, 7) is 11.4. The quantitative estimate of drug-likeness (QED) is 0.674. The fourth-order valence-corrected chi connectivity index (χ4v) is 2.79. The molecule has 0 amide bonds. The minimum atomic E-state index is 0.289. The van der Waals surface area contributed by atoms with E-state index in [1.54, 1.807) is 7.11 Å². The summed E-state index contributed by atoms with van der Waals surface area (Å²) in [6.07, 6.45) is 1.16. The lowest BCUT2D eigenvalue weighted by Gasteiger charge is -2.35. The van der Waals surface area contributed by atoms with Crippen LogP contribution in [0.25, 0.3) is 0 Å². The van der Waals surface area contributed by atoms with Gasteiger partial charge in [-0.15, -0.1) is 0 Å². The molecule has 0 radical (unpaired) electrons. The molecule has 0 spiro atoms. The summed E-state index contributed by atoms with van der Waals surface area (Å²) in [5.74, 6) is 0.691. The van der Waals surface area contributed by atoms with Gasteiger partial charge in [-0.25, -0.2) is 0 Å². The van der Waals surface area contributed by atoms with Crippen LogP contribution in [0.15, 0.2) is 0 Å². The molecular formula is C14H30N2O2. The summed E-state index contributed by atoms with van der Waals surface area (Å²) in [4.78, 5) is 2.53. The van der Waals surface area contributed by atoms with Crippen LogP contribution in [0.2, 0.25) is 0 Å². The summed E-state index contributed by atoms with van der Waals surface area (Å²) in [7, 11) is 3.80. The Bertz CT molecular complexity index is 216. The molecule has 0 bridgehead atoms. The number of rotatable bonds is 9. The van der Waals surface area contributed by atoms with E-state index in [9.17, 15) is 0 Å². The van der Waals surface area contributed by atoms with Gasteiger partial charge in [0, 0.05) is 45.3 Å². The lowest BCUT2D eigenvalue weighted by molar-refractivity contribution is 0.0818. The molecule has 0 aliphatic carbocycles. The van der Waals surface area contributed by atoms with Crippen molar-refractivity contribution in [2.24, 2.45) is 11.3 Å². The van der Waals surface area contributed by atoms with E-state index >= 15 is 0 Å². The van der Waals surface area contributed by atoms with E-state index in [1.165, 1.54) is 0 Å². The molecule has 1 atom stereocenters. The van der Waals surface area contributed by atoms with Crippen molar-refractivity contribution in [3.63, 3.8) is 0 Å². The Morgan fingerprint density at radius 1 is 1.44 bits per heavy atom. The minimum Gasteiger partial charge on any atom is -0.383 e. The molecule has 1 N–H and O–H groups in total. The fourth-order valence-electron chi connectivity index (χ4n) is 2.79. The molecule has 0 aromatic heterocycles. The minimum absolute atomic E-state index is 0.289. The van der Waals surface area contributed by atoms with Crippen LogP contribution in [-0.2, 0) is 9.47 Å². The number of nitrogens with zero attached hydrogens (tertiary/aromatic N) is 1. The normalized spacial score (nSPS) is 24.3. The molecule has 4 heteroatoms. The van der Waals surface area contributed by atoms with Gasteiger partial charge in [0.25, 0.3) is 0 Å². The molecule has 4 nitrogen and oxygen atoms in total. The molecule has 1 rings (SSSR count). The molecule has 0 aromatic rings. The summed E-state index contributed by atoms with van der Waals surface area (Å²) in [6, 6.07) is 0. The summed E-state index contributed by atoms with van der Waals surface area (Å²) >= 11 is 0. The molecule has 108 valence electrons. The van der Waals surface area contributed by atoms with Crippen molar-refractivity contribution in [1.82, 2.24) is 10.2 Å². The number of methoxy groups -OCH3 is 1. The Labute approximate surface area is 112 Å². The molecule has 18 heavy (non-hydrogen) atoms. The first-order chi connectivity index (χ1) is 8.62. The Kier molecular flexibility index (Phi) is 7.15. The second kappa shape index (κ2) is 8.10. The van der Waals surface area contributed by atoms with Crippen molar-refractivity contribution in [3.8, 4) is 0 Å². The number of nitrogens with one attached hydrogen (secondary N) is 1. The zero-order valence-corrected chi connectivity index (χ0v) is 12.5. The Hall–Kier alpha value is -0.160. The molecule has 0 saturated carbocycles. The van der Waals surface area contributed by atoms with Crippen LogP contribution in [0.1, 0.15) is 20.3 Å². The number of hydrogen-bond donors (Lipinski definition) is 1. The third kappa shape index (κ3) is 5.22. The largest absolute Gasteiger partial charge is 0.383 e. The zero-order valence-electron chi connectivity index (χ0n) is 12.5. The highest BCUT2D eigenvalue weighted by Gasteiger charge is 2.36. The first-order valence-electron chi connectivity index (χ1n) is 7.05. The highest BCUT2D eigenvalue weighted by Crippen LogP contribution is 2.29. The van der Waals surface area contributed by atoms with Crippen LogP contribution in [0.5, 0.6) is 0 Å². The van der Waals surface area contributed by atoms with Crippen LogP contribution < -0.4 is 5.32 Å². The molecule has 0 aromatic carbocycles. The Balaban J connectivity index is 2.54. The van der Waals surface area contributed by atoms with Crippen molar-refractivity contribution in [3.05, 3.63) is 0 Å². The predicted molar refractivity (Wildman–Crippen MR) is 74.9 cm³/mol. The van der Waals surface area contributed by atoms with Gasteiger partial charge in [-0.05, 0) is 19.4 Å². The smallest absolute Gasteiger partial charge is 0.0589 e. The van der Waals surface area contributed by atoms with Gasteiger partial charge in [-0.1, -0.05) is 13.8 Å². The van der Waals surface area contributed by atoms with Gasteiger partial charge in [0.1, 0.15) is 0 Å². The second-order valence-electron chi connectivity index (χ2n) is 5.95. The Morgan fingerprint density at radius 2 is 2.22 bits per heavy atom. The maximum atomic E-state index is 5.63. The van der Waals surface area contributed by atoms with Crippen LogP contribution in [-0.4, -0.2) is 65.1 Å². The predicted octanol–water partition coefficient (Wildman–Crippen LogP) is 1.22. The van der Waals surface area contributed by atoms with E-state index < -0.39 is 0 Å². The van der Waals surface area contributed by atoms with Gasteiger partial charge in [0.05, 0.1) is 13.2 Å². The average Bonchev–Trinajstić information content (AvgIpc) is 2.74. The molecule has 1 unspecified atom stereocenters. The van der Waals surface area contributed by atoms with Crippen LogP contribution in [0.4, 0.5) is 0 Å². The molecule has 1 heterocycles. The molecule has 1 saturated heterocycles. The highest BCUT2D eigenvalue weighted by atomic mass is 16.5. The van der Waals surface area contributed by atoms with Crippen molar-refractivity contribution >= 4 is 0 Å². The fraction of sp³-hybridized carbons (Fsp3) is 1.00. The molecular weight excluding hydrogens is 228 g/mol. The average molecular weight is 258 g/mol. The van der Waals surface area contributed by atoms with Crippen LogP contribution in [0.3, 0.4) is 0 Å². The van der Waals surface area contributed by atoms with Crippen molar-refractivity contribution in [1.29, 1.82) is 0 Å². The first kappa shape index (κ1) is 15.9. The van der Waals surface area contributed by atoms with E-state index in [-0.39, 0.29) is 5.41 Å². The number of hydrogen-bond acceptors (Lipinski definition) is 4. The van der Waals surface area contributed by atoms with Gasteiger partial charge in [-0.2, -0.15) is 0 Å². The SMILES string of the molecule is CNCC1(CN(CCOC)CC(C)C)CCOC1. The zero-order chi connectivity index (χ0) is 13.4. The van der Waals surface area contributed by atoms with Gasteiger partial charge in [-0.3, -0.25) is 0 Å². The maximum Gasteiger partial charge on any atom is 0.0589 e. The third-order valence-electron chi connectivity index (χ3n) is 3.53. The standard InChI is InChI=1S/C14H30N2O2/c1-13(2)9-16(6-8-17-4)11-14(10-15-3)5-7-18-12-14/h13,15H,5-12H2,1-4H3. The van der Waals surface area contributed by atoms with Crippen molar-refractivity contribution < 1.29 is 9.47 Å². The van der Waals surface area contributed by atoms with E-state index in [0.717, 1.165) is 52.4 Å². The highest BCUT2D eigenvalue weighted by molar-refractivity contribution is 4.88. The van der Waals surface area contributed by atoms with Gasteiger partial charge in [0.2, 0.25) is 0 Å². The molecule has 1 aliphatic heterocycles. The van der Waals surface area contributed by atoms with Gasteiger partial charge < -0.3 is 19.7 Å². The van der Waals surface area contributed by atoms with E-state index in [4.69, 9.17) is 9.47 Å². The summed E-state index contributed by atoms with van der Waals surface area (Å²) in [5.41, 5.74) is 0.289. The third-order valence-corrected chi connectivity index (χ3v) is 3.53. The lowest BCUT2D eigenvalue weighted by Crippen LogP contribution is -2.46. The van der Waals surface area contributed by atoms with Crippen LogP contribution >= 0.6 is 0 Å². The monoisotopic (exact) mass is 258 g/mol. The van der Waals surface area contributed by atoms with E-state index in [1.807, 2.05) is 7.05 Å². The Morgan fingerprint density at radius 3 is 2.72 bits per heavy atom. The van der Waals surface area contributed by atoms with Crippen LogP contribution in [0, 0.1) is 11.3 Å². The summed E-state index contributed by atoms with van der Waals surface area (Å²) < 4.78 is 10.8.